The summed E-state index contributed by atoms with van der Waals surface area (Å²) in [6.07, 6.45) is 0. The zero-order valence-corrected chi connectivity index (χ0v) is 8.86. The van der Waals surface area contributed by atoms with Crippen molar-refractivity contribution in [1.82, 2.24) is 0 Å². The summed E-state index contributed by atoms with van der Waals surface area (Å²) in [5.41, 5.74) is 5.52. The number of rotatable bonds is 1. The molecule has 84 valence electrons. The van der Waals surface area contributed by atoms with E-state index in [2.05, 4.69) is 0 Å². The number of nitrogens with two attached hydrogens (primary N) is 1. The van der Waals surface area contributed by atoms with Gasteiger partial charge in [0.15, 0.2) is 0 Å². The van der Waals surface area contributed by atoms with Gasteiger partial charge >= 0.3 is 0 Å². The lowest BCUT2D eigenvalue weighted by molar-refractivity contribution is -0.267. The van der Waals surface area contributed by atoms with Crippen LogP contribution in [0.2, 0.25) is 0 Å². The lowest BCUT2D eigenvalue weighted by atomic mass is 10.1. The molecule has 5 nitrogen and oxygen atoms in total. The predicted octanol–water partition coefficient (Wildman–Crippen LogP) is 0.742. The minimum Gasteiger partial charge on any atom is -0.871 e. The lowest BCUT2D eigenvalue weighted by Crippen LogP contribution is -2.04. The number of fused-ring (bicyclic) bond motifs is 1. The number of anilines is 1. The number of hydrogen-bond donors (Lipinski definition) is 2. The Balaban J connectivity index is 3.02. The summed E-state index contributed by atoms with van der Waals surface area (Å²) in [6.45, 7) is 0. The molecule has 16 heavy (non-hydrogen) atoms. The highest BCUT2D eigenvalue weighted by atomic mass is 32.2. The van der Waals surface area contributed by atoms with E-state index in [1.165, 1.54) is 12.1 Å². The van der Waals surface area contributed by atoms with E-state index in [1.807, 2.05) is 0 Å². The van der Waals surface area contributed by atoms with Gasteiger partial charge < -0.3 is 10.8 Å². The zero-order chi connectivity index (χ0) is 11.9. The van der Waals surface area contributed by atoms with Crippen LogP contribution in [0.3, 0.4) is 0 Å². The molecule has 0 aliphatic heterocycles. The summed E-state index contributed by atoms with van der Waals surface area (Å²) < 4.78 is 31.2. The quantitative estimate of drug-likeness (QED) is 0.563. The molecular weight excluding hydrogens is 230 g/mol. The zero-order valence-electron chi connectivity index (χ0n) is 8.04. The largest absolute Gasteiger partial charge is 0.871 e. The molecule has 0 radical (unpaired) electrons. The van der Waals surface area contributed by atoms with Crippen molar-refractivity contribution in [2.24, 2.45) is 0 Å². The van der Waals surface area contributed by atoms with Crippen LogP contribution in [0.4, 0.5) is 5.69 Å². The third kappa shape index (κ3) is 1.58. The number of hydrogen-bond acceptors (Lipinski definition) is 4. The molecule has 0 amide bonds. The van der Waals surface area contributed by atoms with Crippen molar-refractivity contribution in [2.45, 2.75) is 4.90 Å². The third-order valence-corrected chi connectivity index (χ3v) is 3.18. The van der Waals surface area contributed by atoms with E-state index >= 15 is 0 Å². The van der Waals surface area contributed by atoms with Crippen molar-refractivity contribution < 1.29 is 18.1 Å². The minimum absolute atomic E-state index is 0.0250. The average molecular weight is 238 g/mol. The van der Waals surface area contributed by atoms with Gasteiger partial charge in [0.2, 0.25) is 0 Å². The SMILES string of the molecule is Nc1c([O-])cc(S(=O)(=O)O)c2ccccc12. The highest BCUT2D eigenvalue weighted by molar-refractivity contribution is 7.86. The van der Waals surface area contributed by atoms with Gasteiger partial charge in [0.05, 0.1) is 0 Å². The average Bonchev–Trinajstić information content (AvgIpc) is 2.22. The Morgan fingerprint density at radius 2 is 1.75 bits per heavy atom. The van der Waals surface area contributed by atoms with Crippen LogP contribution in [0.25, 0.3) is 10.8 Å². The molecular formula is C10H8NO4S-. The van der Waals surface area contributed by atoms with Crippen LogP contribution in [-0.2, 0) is 10.1 Å². The topological polar surface area (TPSA) is 103 Å². The van der Waals surface area contributed by atoms with Gasteiger partial charge in [-0.3, -0.25) is 4.55 Å². The monoisotopic (exact) mass is 238 g/mol. The second kappa shape index (κ2) is 3.36. The Bertz CT molecular complexity index is 664. The van der Waals surface area contributed by atoms with Crippen LogP contribution in [0.5, 0.6) is 5.75 Å². The predicted molar refractivity (Wildman–Crippen MR) is 57.6 cm³/mol. The van der Waals surface area contributed by atoms with Crippen molar-refractivity contribution in [3.05, 3.63) is 30.3 Å². The molecule has 0 saturated carbocycles. The molecule has 0 saturated heterocycles. The molecule has 2 aromatic rings. The van der Waals surface area contributed by atoms with Gasteiger partial charge in [0, 0.05) is 16.5 Å². The normalized spacial score (nSPS) is 11.8. The first kappa shape index (κ1) is 10.7. The fourth-order valence-electron chi connectivity index (χ4n) is 1.55. The first-order valence-electron chi connectivity index (χ1n) is 4.37. The molecule has 6 heteroatoms. The van der Waals surface area contributed by atoms with E-state index in [-0.39, 0.29) is 11.1 Å². The van der Waals surface area contributed by atoms with E-state index < -0.39 is 20.8 Å². The summed E-state index contributed by atoms with van der Waals surface area (Å²) in [7, 11) is -4.42. The smallest absolute Gasteiger partial charge is 0.295 e. The first-order chi connectivity index (χ1) is 7.41. The summed E-state index contributed by atoms with van der Waals surface area (Å²) in [5, 5.41) is 12.0. The standard InChI is InChI=1S/C10H9NO4S/c11-10-7-4-2-1-3-6(7)9(5-8(10)12)16(13,14)15/h1-5,12H,11H2,(H,13,14,15)/p-1. The third-order valence-electron chi connectivity index (χ3n) is 2.29. The molecule has 0 fully saturated rings. The fraction of sp³-hybridized carbons (Fsp3) is 0. The molecule has 0 bridgehead atoms. The Morgan fingerprint density at radius 3 is 2.31 bits per heavy atom. The highest BCUT2D eigenvalue weighted by Crippen LogP contribution is 2.33. The van der Waals surface area contributed by atoms with E-state index in [0.717, 1.165) is 6.07 Å². The molecule has 0 aromatic heterocycles. The Hall–Kier alpha value is -1.79. The van der Waals surface area contributed by atoms with Crippen LogP contribution in [0.1, 0.15) is 0 Å². The van der Waals surface area contributed by atoms with Crippen LogP contribution >= 0.6 is 0 Å². The van der Waals surface area contributed by atoms with Crippen molar-refractivity contribution in [1.29, 1.82) is 0 Å². The summed E-state index contributed by atoms with van der Waals surface area (Å²) >= 11 is 0. The van der Waals surface area contributed by atoms with Crippen molar-refractivity contribution in [2.75, 3.05) is 5.73 Å². The summed E-state index contributed by atoms with van der Waals surface area (Å²) in [5.74, 6) is -0.619. The number of benzene rings is 2. The fourth-order valence-corrected chi connectivity index (χ4v) is 2.27. The van der Waals surface area contributed by atoms with Gasteiger partial charge in [-0.25, -0.2) is 0 Å². The van der Waals surface area contributed by atoms with Crippen molar-refractivity contribution >= 4 is 26.6 Å². The minimum atomic E-state index is -4.42. The van der Waals surface area contributed by atoms with Crippen molar-refractivity contribution in [3.8, 4) is 5.75 Å². The van der Waals surface area contributed by atoms with Gasteiger partial charge in [0.25, 0.3) is 10.1 Å². The van der Waals surface area contributed by atoms with Gasteiger partial charge in [0.1, 0.15) is 4.90 Å². The maximum Gasteiger partial charge on any atom is 0.295 e. The van der Waals surface area contributed by atoms with E-state index in [4.69, 9.17) is 10.3 Å². The van der Waals surface area contributed by atoms with Crippen LogP contribution in [-0.4, -0.2) is 13.0 Å². The Kier molecular flexibility index (Phi) is 2.25. The van der Waals surface area contributed by atoms with Crippen molar-refractivity contribution in [3.63, 3.8) is 0 Å². The Morgan fingerprint density at radius 1 is 1.19 bits per heavy atom. The molecule has 0 aliphatic rings. The number of nitrogen functional groups attached to an aromatic ring is 1. The lowest BCUT2D eigenvalue weighted by Gasteiger charge is -2.15. The molecule has 2 aromatic carbocycles. The van der Waals surface area contributed by atoms with Gasteiger partial charge in [-0.1, -0.05) is 30.0 Å². The van der Waals surface area contributed by atoms with E-state index in [9.17, 15) is 13.5 Å². The van der Waals surface area contributed by atoms with E-state index in [0.29, 0.717) is 5.39 Å². The van der Waals surface area contributed by atoms with E-state index in [1.54, 1.807) is 12.1 Å². The van der Waals surface area contributed by atoms with Gasteiger partial charge in [-0.05, 0) is 6.07 Å². The molecule has 2 rings (SSSR count). The highest BCUT2D eigenvalue weighted by Gasteiger charge is 2.15. The molecule has 0 spiro atoms. The molecule has 3 N–H and O–H groups in total. The molecule has 0 unspecified atom stereocenters. The second-order valence-corrected chi connectivity index (χ2v) is 4.70. The van der Waals surface area contributed by atoms with Crippen LogP contribution < -0.4 is 10.8 Å². The maximum absolute atomic E-state index is 11.4. The van der Waals surface area contributed by atoms with Gasteiger partial charge in [-0.15, -0.1) is 0 Å². The molecule has 0 aliphatic carbocycles. The van der Waals surface area contributed by atoms with Gasteiger partial charge in [-0.2, -0.15) is 8.42 Å². The second-order valence-electron chi connectivity index (χ2n) is 3.31. The Labute approximate surface area is 91.9 Å². The first-order valence-corrected chi connectivity index (χ1v) is 5.81. The van der Waals surface area contributed by atoms with Crippen LogP contribution in [0.15, 0.2) is 35.2 Å². The summed E-state index contributed by atoms with van der Waals surface area (Å²) in [4.78, 5) is -0.415. The van der Waals surface area contributed by atoms with Crippen LogP contribution in [0, 0.1) is 0 Å². The summed E-state index contributed by atoms with van der Waals surface area (Å²) in [6, 6.07) is 7.06. The molecule has 0 heterocycles. The molecule has 0 atom stereocenters. The maximum atomic E-state index is 11.4.